The average Bonchev–Trinajstić information content (AvgIpc) is 2.40. The van der Waals surface area contributed by atoms with Crippen LogP contribution in [-0.2, 0) is 0 Å². The van der Waals surface area contributed by atoms with Crippen molar-refractivity contribution in [3.8, 4) is 0 Å². The maximum Gasteiger partial charge on any atom is 0.163 e. The molecule has 0 aliphatic carbocycles. The van der Waals surface area contributed by atoms with Crippen LogP contribution in [-0.4, -0.2) is 31.1 Å². The maximum atomic E-state index is 13.6. The van der Waals surface area contributed by atoms with Gasteiger partial charge in [0.05, 0.1) is 0 Å². The van der Waals surface area contributed by atoms with E-state index in [1.807, 2.05) is 6.92 Å². The Morgan fingerprint density at radius 2 is 1.95 bits per heavy atom. The number of nitrogens with one attached hydrogen (secondary N) is 1. The lowest BCUT2D eigenvalue weighted by Gasteiger charge is -2.24. The van der Waals surface area contributed by atoms with Crippen LogP contribution in [0.2, 0.25) is 0 Å². The molecule has 1 N–H and O–H groups in total. The van der Waals surface area contributed by atoms with Crippen molar-refractivity contribution >= 4 is 0 Å². The molecule has 108 valence electrons. The fraction of sp³-hybridized carbons (Fsp3) is 0.600. The predicted octanol–water partition coefficient (Wildman–Crippen LogP) is 3.35. The van der Waals surface area contributed by atoms with Crippen LogP contribution in [0, 0.1) is 11.6 Å². The fourth-order valence-corrected chi connectivity index (χ4v) is 1.95. The molecule has 0 bridgehead atoms. The smallest absolute Gasteiger partial charge is 0.163 e. The first-order chi connectivity index (χ1) is 8.97. The quantitative estimate of drug-likeness (QED) is 0.817. The standard InChI is InChI=1S/C15H24F2N2/c1-5-11(2)19(4)10-9-18-12(3)13-7-6-8-14(16)15(13)17/h6-8,11-12,18H,5,9-10H2,1-4H3. The van der Waals surface area contributed by atoms with Gasteiger partial charge in [-0.3, -0.25) is 0 Å². The van der Waals surface area contributed by atoms with Crippen LogP contribution in [0.5, 0.6) is 0 Å². The van der Waals surface area contributed by atoms with E-state index in [0.29, 0.717) is 11.6 Å². The molecule has 0 aliphatic rings. The van der Waals surface area contributed by atoms with Gasteiger partial charge in [-0.2, -0.15) is 0 Å². The summed E-state index contributed by atoms with van der Waals surface area (Å²) in [6, 6.07) is 4.64. The molecule has 0 spiro atoms. The Balaban J connectivity index is 2.47. The summed E-state index contributed by atoms with van der Waals surface area (Å²) in [4.78, 5) is 2.25. The van der Waals surface area contributed by atoms with E-state index in [2.05, 4.69) is 31.1 Å². The Morgan fingerprint density at radius 3 is 2.58 bits per heavy atom. The first-order valence-corrected chi connectivity index (χ1v) is 6.84. The predicted molar refractivity (Wildman–Crippen MR) is 75.2 cm³/mol. The SMILES string of the molecule is CCC(C)N(C)CCNC(C)c1cccc(F)c1F. The van der Waals surface area contributed by atoms with Crippen LogP contribution in [0.1, 0.15) is 38.8 Å². The normalized spacial score (nSPS) is 14.7. The molecule has 0 amide bonds. The van der Waals surface area contributed by atoms with E-state index in [1.54, 1.807) is 6.07 Å². The highest BCUT2D eigenvalue weighted by Gasteiger charge is 2.14. The molecule has 0 aliphatic heterocycles. The van der Waals surface area contributed by atoms with Crippen LogP contribution >= 0.6 is 0 Å². The van der Waals surface area contributed by atoms with Crippen LogP contribution in [0.15, 0.2) is 18.2 Å². The van der Waals surface area contributed by atoms with Gasteiger partial charge in [-0.25, -0.2) is 8.78 Å². The number of likely N-dealkylation sites (N-methyl/N-ethyl adjacent to an activating group) is 1. The van der Waals surface area contributed by atoms with Crippen LogP contribution in [0.25, 0.3) is 0 Å². The summed E-state index contributed by atoms with van der Waals surface area (Å²) in [5.74, 6) is -1.54. The minimum atomic E-state index is -0.789. The largest absolute Gasteiger partial charge is 0.309 e. The van der Waals surface area contributed by atoms with Crippen molar-refractivity contribution in [3.05, 3.63) is 35.4 Å². The summed E-state index contributed by atoms with van der Waals surface area (Å²) < 4.78 is 26.7. The molecule has 1 aromatic carbocycles. The lowest BCUT2D eigenvalue weighted by Crippen LogP contribution is -2.35. The van der Waals surface area contributed by atoms with Gasteiger partial charge in [0.25, 0.3) is 0 Å². The van der Waals surface area contributed by atoms with E-state index in [9.17, 15) is 8.78 Å². The Labute approximate surface area is 114 Å². The van der Waals surface area contributed by atoms with Crippen LogP contribution in [0.4, 0.5) is 8.78 Å². The molecule has 0 radical (unpaired) electrons. The summed E-state index contributed by atoms with van der Waals surface area (Å²) in [7, 11) is 2.07. The lowest BCUT2D eigenvalue weighted by atomic mass is 10.1. The maximum absolute atomic E-state index is 13.6. The molecule has 1 aromatic rings. The minimum Gasteiger partial charge on any atom is -0.309 e. The second kappa shape index (κ2) is 7.56. The van der Waals surface area contributed by atoms with Crippen molar-refractivity contribution in [2.75, 3.05) is 20.1 Å². The third-order valence-electron chi connectivity index (χ3n) is 3.71. The lowest BCUT2D eigenvalue weighted by molar-refractivity contribution is 0.249. The highest BCUT2D eigenvalue weighted by atomic mass is 19.2. The molecule has 2 atom stereocenters. The van der Waals surface area contributed by atoms with Crippen molar-refractivity contribution < 1.29 is 8.78 Å². The van der Waals surface area contributed by atoms with Gasteiger partial charge in [-0.1, -0.05) is 19.1 Å². The van der Waals surface area contributed by atoms with Gasteiger partial charge < -0.3 is 10.2 Å². The van der Waals surface area contributed by atoms with E-state index < -0.39 is 11.6 Å². The van der Waals surface area contributed by atoms with Crippen molar-refractivity contribution in [3.63, 3.8) is 0 Å². The first kappa shape index (κ1) is 16.1. The number of nitrogens with zero attached hydrogens (tertiary/aromatic N) is 1. The number of benzene rings is 1. The monoisotopic (exact) mass is 270 g/mol. The molecule has 0 saturated heterocycles. The summed E-state index contributed by atoms with van der Waals surface area (Å²) in [6.07, 6.45) is 1.10. The van der Waals surface area contributed by atoms with Crippen molar-refractivity contribution in [1.29, 1.82) is 0 Å². The van der Waals surface area contributed by atoms with Gasteiger partial charge >= 0.3 is 0 Å². The Hall–Kier alpha value is -1.00. The van der Waals surface area contributed by atoms with E-state index in [0.717, 1.165) is 25.6 Å². The summed E-state index contributed by atoms with van der Waals surface area (Å²) >= 11 is 0. The van der Waals surface area contributed by atoms with Crippen molar-refractivity contribution in [2.24, 2.45) is 0 Å². The topological polar surface area (TPSA) is 15.3 Å². The van der Waals surface area contributed by atoms with Crippen molar-refractivity contribution in [2.45, 2.75) is 39.3 Å². The van der Waals surface area contributed by atoms with Gasteiger partial charge in [0, 0.05) is 30.7 Å². The van der Waals surface area contributed by atoms with Gasteiger partial charge in [-0.15, -0.1) is 0 Å². The fourth-order valence-electron chi connectivity index (χ4n) is 1.95. The summed E-state index contributed by atoms with van der Waals surface area (Å²) in [5.41, 5.74) is 0.381. The van der Waals surface area contributed by atoms with Crippen LogP contribution < -0.4 is 5.32 Å². The number of hydrogen-bond donors (Lipinski definition) is 1. The van der Waals surface area contributed by atoms with Crippen molar-refractivity contribution in [1.82, 2.24) is 10.2 Å². The average molecular weight is 270 g/mol. The summed E-state index contributed by atoms with van der Waals surface area (Å²) in [6.45, 7) is 7.81. The zero-order chi connectivity index (χ0) is 14.4. The molecule has 2 unspecified atom stereocenters. The third kappa shape index (κ3) is 4.55. The highest BCUT2D eigenvalue weighted by molar-refractivity contribution is 5.21. The van der Waals surface area contributed by atoms with E-state index in [1.165, 1.54) is 6.07 Å². The second-order valence-electron chi connectivity index (χ2n) is 5.06. The zero-order valence-electron chi connectivity index (χ0n) is 12.2. The molecule has 0 aromatic heterocycles. The molecule has 0 heterocycles. The Morgan fingerprint density at radius 1 is 1.26 bits per heavy atom. The Kier molecular flexibility index (Phi) is 6.38. The number of halogens is 2. The highest BCUT2D eigenvalue weighted by Crippen LogP contribution is 2.18. The van der Waals surface area contributed by atoms with E-state index in [-0.39, 0.29) is 6.04 Å². The van der Waals surface area contributed by atoms with Gasteiger partial charge in [0.15, 0.2) is 11.6 Å². The number of rotatable bonds is 7. The zero-order valence-corrected chi connectivity index (χ0v) is 12.2. The molecular formula is C15H24F2N2. The van der Waals surface area contributed by atoms with Crippen LogP contribution in [0.3, 0.4) is 0 Å². The molecule has 4 heteroatoms. The van der Waals surface area contributed by atoms with E-state index >= 15 is 0 Å². The van der Waals surface area contributed by atoms with Gasteiger partial charge in [-0.05, 0) is 33.4 Å². The van der Waals surface area contributed by atoms with Gasteiger partial charge in [0.1, 0.15) is 0 Å². The minimum absolute atomic E-state index is 0.193. The summed E-state index contributed by atoms with van der Waals surface area (Å²) in [5, 5.41) is 3.23. The molecule has 0 saturated carbocycles. The first-order valence-electron chi connectivity index (χ1n) is 6.84. The third-order valence-corrected chi connectivity index (χ3v) is 3.71. The molecular weight excluding hydrogens is 246 g/mol. The molecule has 19 heavy (non-hydrogen) atoms. The molecule has 0 fully saturated rings. The van der Waals surface area contributed by atoms with Gasteiger partial charge in [0.2, 0.25) is 0 Å². The number of hydrogen-bond acceptors (Lipinski definition) is 2. The molecule has 2 nitrogen and oxygen atoms in total. The molecule has 1 rings (SSSR count). The Bertz CT molecular complexity index is 396. The second-order valence-corrected chi connectivity index (χ2v) is 5.06. The van der Waals surface area contributed by atoms with E-state index in [4.69, 9.17) is 0 Å².